The maximum absolute atomic E-state index is 10.7. The molecule has 9 rings (SSSR count). The van der Waals surface area contributed by atoms with E-state index in [0.29, 0.717) is 42.8 Å². The Kier molecular flexibility index (Phi) is 6.07. The van der Waals surface area contributed by atoms with Crippen molar-refractivity contribution in [3.8, 4) is 11.8 Å². The maximum Gasteiger partial charge on any atom is 0.318 e. The van der Waals surface area contributed by atoms with Crippen molar-refractivity contribution in [3.63, 3.8) is 0 Å². The lowest BCUT2D eigenvalue weighted by Crippen LogP contribution is -2.62. The fourth-order valence-corrected chi connectivity index (χ4v) is 9.57. The second-order valence-corrected chi connectivity index (χ2v) is 14.0. The molecule has 0 saturated carbocycles. The molecule has 5 atom stereocenters. The van der Waals surface area contributed by atoms with Crippen molar-refractivity contribution in [2.24, 2.45) is 0 Å². The Bertz CT molecular complexity index is 1590. The van der Waals surface area contributed by atoms with E-state index in [9.17, 15) is 5.11 Å². The van der Waals surface area contributed by atoms with Crippen LogP contribution >= 0.6 is 11.6 Å². The van der Waals surface area contributed by atoms with Crippen LogP contribution in [0.3, 0.4) is 0 Å². The highest BCUT2D eigenvalue weighted by Gasteiger charge is 2.49. The first-order chi connectivity index (χ1) is 21.0. The molecule has 1 aromatic heterocycles. The molecular formula is C33H39ClN6O3. The van der Waals surface area contributed by atoms with Crippen LogP contribution in [0.15, 0.2) is 30.3 Å². The number of aromatic nitrogens is 2. The van der Waals surface area contributed by atoms with Crippen molar-refractivity contribution >= 4 is 33.9 Å². The van der Waals surface area contributed by atoms with E-state index in [1.165, 1.54) is 32.1 Å². The molecule has 3 aromatic rings. The smallest absolute Gasteiger partial charge is 0.318 e. The number of phenols is 1. The fourth-order valence-electron chi connectivity index (χ4n) is 9.29. The zero-order chi connectivity index (χ0) is 28.9. The summed E-state index contributed by atoms with van der Waals surface area (Å²) in [6, 6.07) is 10.9. The van der Waals surface area contributed by atoms with E-state index in [0.717, 1.165) is 59.6 Å². The molecule has 226 valence electrons. The minimum Gasteiger partial charge on any atom is -0.508 e. The van der Waals surface area contributed by atoms with Gasteiger partial charge in [-0.2, -0.15) is 9.97 Å². The van der Waals surface area contributed by atoms with E-state index >= 15 is 0 Å². The fraction of sp³-hybridized carbons (Fsp3) is 0.576. The number of fused-ring (bicyclic) bond motifs is 7. The number of benzene rings is 2. The molecule has 0 amide bonds. The van der Waals surface area contributed by atoms with Crippen LogP contribution in [0.25, 0.3) is 10.8 Å². The summed E-state index contributed by atoms with van der Waals surface area (Å²) in [6.07, 6.45) is 6.95. The minimum atomic E-state index is -0.217. The van der Waals surface area contributed by atoms with Crippen molar-refractivity contribution in [1.29, 1.82) is 0 Å². The predicted molar refractivity (Wildman–Crippen MR) is 166 cm³/mol. The van der Waals surface area contributed by atoms with Crippen molar-refractivity contribution in [2.75, 3.05) is 42.6 Å². The molecule has 9 nitrogen and oxygen atoms in total. The third-order valence-corrected chi connectivity index (χ3v) is 11.5. The van der Waals surface area contributed by atoms with Crippen molar-refractivity contribution in [3.05, 3.63) is 46.6 Å². The first kappa shape index (κ1) is 26.5. The number of hydrogen-bond acceptors (Lipinski definition) is 9. The first-order valence-corrected chi connectivity index (χ1v) is 16.5. The Labute approximate surface area is 257 Å². The molecule has 4 saturated heterocycles. The molecule has 2 aromatic carbocycles. The summed E-state index contributed by atoms with van der Waals surface area (Å²) in [5.41, 5.74) is 3.04. The molecule has 0 spiro atoms. The zero-order valence-corrected chi connectivity index (χ0v) is 25.4. The number of piperazine rings is 1. The average molecular weight is 603 g/mol. The number of aromatic hydroxyl groups is 1. The van der Waals surface area contributed by atoms with Crippen LogP contribution < -0.4 is 19.9 Å². The quantitative estimate of drug-likeness (QED) is 0.438. The lowest BCUT2D eigenvalue weighted by molar-refractivity contribution is -0.0181. The molecule has 0 radical (unpaired) electrons. The molecule has 43 heavy (non-hydrogen) atoms. The van der Waals surface area contributed by atoms with Crippen LogP contribution in [-0.4, -0.2) is 82.5 Å². The monoisotopic (exact) mass is 602 g/mol. The van der Waals surface area contributed by atoms with E-state index in [2.05, 4.69) is 26.9 Å². The van der Waals surface area contributed by atoms with Gasteiger partial charge in [0.15, 0.2) is 0 Å². The van der Waals surface area contributed by atoms with Crippen molar-refractivity contribution in [2.45, 2.75) is 87.9 Å². The van der Waals surface area contributed by atoms with E-state index < -0.39 is 0 Å². The van der Waals surface area contributed by atoms with Gasteiger partial charge in [-0.15, -0.1) is 0 Å². The second-order valence-electron chi connectivity index (χ2n) is 13.6. The van der Waals surface area contributed by atoms with Gasteiger partial charge in [0, 0.05) is 42.2 Å². The Morgan fingerprint density at radius 2 is 2.00 bits per heavy atom. The van der Waals surface area contributed by atoms with Gasteiger partial charge >= 0.3 is 6.01 Å². The minimum absolute atomic E-state index is 0.00171. The zero-order valence-electron chi connectivity index (χ0n) is 24.6. The number of nitrogens with one attached hydrogen (secondary N) is 1. The van der Waals surface area contributed by atoms with Crippen LogP contribution in [0.1, 0.15) is 62.8 Å². The van der Waals surface area contributed by atoms with Gasteiger partial charge in [0.05, 0.1) is 40.6 Å². The van der Waals surface area contributed by atoms with Gasteiger partial charge in [-0.3, -0.25) is 4.90 Å². The standard InChI is InChI=1S/C33H39ClN6O3/c1-19-30-24-8-7-21(35-24)15-40(30)31-29-25(36-32(37-31)42-18-33-9-3-11-39(33)12-4-10-33)16-38(17-27(29)43-19)26-14-22(41)13-20-5-2-6-23(34)28(20)26/h2,5-6,13-14,19,21,24,27,30,35,41H,3-4,7-12,15-18H2,1H3. The molecule has 2 bridgehead atoms. The van der Waals surface area contributed by atoms with Gasteiger partial charge in [0.25, 0.3) is 0 Å². The lowest BCUT2D eigenvalue weighted by Gasteiger charge is -2.43. The normalized spacial score (nSPS) is 30.7. The van der Waals surface area contributed by atoms with Gasteiger partial charge in [-0.1, -0.05) is 23.7 Å². The first-order valence-electron chi connectivity index (χ1n) is 16.1. The lowest BCUT2D eigenvalue weighted by atomic mass is 9.95. The number of hydrogen-bond donors (Lipinski definition) is 2. The molecular weight excluding hydrogens is 564 g/mol. The summed E-state index contributed by atoms with van der Waals surface area (Å²) in [6.45, 7) is 7.27. The number of phenolic OH excluding ortho intramolecular Hbond substituents is 1. The van der Waals surface area contributed by atoms with Crippen LogP contribution in [0, 0.1) is 0 Å². The van der Waals surface area contributed by atoms with Crippen LogP contribution in [0.5, 0.6) is 11.8 Å². The summed E-state index contributed by atoms with van der Waals surface area (Å²) in [5, 5.41) is 17.1. The van der Waals surface area contributed by atoms with Crippen LogP contribution in [0.2, 0.25) is 5.02 Å². The Balaban J connectivity index is 1.15. The Hall–Kier alpha value is -2.85. The van der Waals surface area contributed by atoms with Crippen LogP contribution in [-0.2, 0) is 11.3 Å². The molecule has 10 heteroatoms. The topological polar surface area (TPSA) is 86.2 Å². The molecule has 6 aliphatic heterocycles. The maximum atomic E-state index is 10.7. The van der Waals surface area contributed by atoms with E-state index in [4.69, 9.17) is 31.0 Å². The van der Waals surface area contributed by atoms with Gasteiger partial charge in [-0.05, 0) is 76.1 Å². The highest BCUT2D eigenvalue weighted by Crippen LogP contribution is 2.47. The summed E-state index contributed by atoms with van der Waals surface area (Å²) in [7, 11) is 0. The third-order valence-electron chi connectivity index (χ3n) is 11.1. The third kappa shape index (κ3) is 4.15. The Morgan fingerprint density at radius 3 is 2.86 bits per heavy atom. The van der Waals surface area contributed by atoms with Crippen molar-refractivity contribution in [1.82, 2.24) is 20.2 Å². The largest absolute Gasteiger partial charge is 0.508 e. The highest BCUT2D eigenvalue weighted by molar-refractivity contribution is 6.36. The van der Waals surface area contributed by atoms with Gasteiger partial charge in [-0.25, -0.2) is 0 Å². The highest BCUT2D eigenvalue weighted by atomic mass is 35.5. The van der Waals surface area contributed by atoms with E-state index in [1.54, 1.807) is 6.07 Å². The number of nitrogens with zero attached hydrogens (tertiary/aromatic N) is 5. The molecule has 5 unspecified atom stereocenters. The number of halogens is 1. The van der Waals surface area contributed by atoms with E-state index in [1.807, 2.05) is 24.3 Å². The van der Waals surface area contributed by atoms with E-state index in [-0.39, 0.29) is 29.5 Å². The molecule has 4 fully saturated rings. The summed E-state index contributed by atoms with van der Waals surface area (Å²) in [4.78, 5) is 17.7. The van der Waals surface area contributed by atoms with Crippen LogP contribution in [0.4, 0.5) is 11.5 Å². The second kappa shape index (κ2) is 9.83. The Morgan fingerprint density at radius 1 is 1.14 bits per heavy atom. The summed E-state index contributed by atoms with van der Waals surface area (Å²) >= 11 is 6.78. The summed E-state index contributed by atoms with van der Waals surface area (Å²) < 4.78 is 13.6. The van der Waals surface area contributed by atoms with Gasteiger partial charge in [0.2, 0.25) is 0 Å². The molecule has 0 aliphatic carbocycles. The molecule has 6 aliphatic rings. The number of anilines is 2. The van der Waals surface area contributed by atoms with Gasteiger partial charge < -0.3 is 29.7 Å². The van der Waals surface area contributed by atoms with Crippen molar-refractivity contribution < 1.29 is 14.6 Å². The number of rotatable bonds is 4. The van der Waals surface area contributed by atoms with Gasteiger partial charge in [0.1, 0.15) is 24.3 Å². The average Bonchev–Trinajstić information content (AvgIpc) is 3.67. The molecule has 7 heterocycles. The predicted octanol–water partition coefficient (Wildman–Crippen LogP) is 4.79. The molecule has 2 N–H and O–H groups in total. The SMILES string of the molecule is CC1OC2CN(c3cc(O)cc4cccc(Cl)c34)Cc3nc(OCC45CCCN4CCC5)nc(c32)N2CC3CCC(N3)C12. The summed E-state index contributed by atoms with van der Waals surface area (Å²) in [5.74, 6) is 1.21. The number of ether oxygens (including phenoxy) is 2.